The molecule has 1 aromatic carbocycles. The molecule has 0 aliphatic rings. The lowest BCUT2D eigenvalue weighted by Crippen LogP contribution is -2.17. The lowest BCUT2D eigenvalue weighted by Gasteiger charge is -2.11. The summed E-state index contributed by atoms with van der Waals surface area (Å²) in [6, 6.07) is 6.62. The highest BCUT2D eigenvalue weighted by atomic mass is 32.2. The summed E-state index contributed by atoms with van der Waals surface area (Å²) in [4.78, 5) is 11.8. The van der Waals surface area contributed by atoms with E-state index in [-0.39, 0.29) is 5.82 Å². The molecular weight excluding hydrogens is 363 g/mol. The van der Waals surface area contributed by atoms with E-state index in [4.69, 9.17) is 0 Å². The van der Waals surface area contributed by atoms with Crippen molar-refractivity contribution in [2.45, 2.75) is 46.7 Å². The molecule has 2 N–H and O–H groups in total. The zero-order chi connectivity index (χ0) is 19.8. The lowest BCUT2D eigenvalue weighted by atomic mass is 10.1. The Labute approximate surface area is 165 Å². The first kappa shape index (κ1) is 21.5. The topological polar surface area (TPSA) is 54.3 Å². The van der Waals surface area contributed by atoms with Gasteiger partial charge in [0.15, 0.2) is 0 Å². The Morgan fingerprint density at radius 3 is 2.63 bits per heavy atom. The molecule has 148 valence electrons. The molecular formula is C21H29FN2O2S. The van der Waals surface area contributed by atoms with Gasteiger partial charge in [-0.15, -0.1) is 0 Å². The van der Waals surface area contributed by atoms with E-state index >= 15 is 0 Å². The van der Waals surface area contributed by atoms with Gasteiger partial charge in [0.25, 0.3) is 0 Å². The normalized spacial score (nSPS) is 11.1. The molecule has 0 saturated carbocycles. The predicted molar refractivity (Wildman–Crippen MR) is 110 cm³/mol. The SMILES string of the molecule is CCCSCCCNCc1c(C(=O)O)c(C)n(Cc2ccccc2F)c1C. The van der Waals surface area contributed by atoms with Gasteiger partial charge < -0.3 is 15.0 Å². The van der Waals surface area contributed by atoms with Crippen LogP contribution in [0, 0.1) is 19.7 Å². The number of carboxylic acids is 1. The monoisotopic (exact) mass is 392 g/mol. The van der Waals surface area contributed by atoms with Gasteiger partial charge in [0.2, 0.25) is 0 Å². The highest BCUT2D eigenvalue weighted by molar-refractivity contribution is 7.99. The number of benzene rings is 1. The van der Waals surface area contributed by atoms with Crippen LogP contribution < -0.4 is 5.32 Å². The van der Waals surface area contributed by atoms with Crippen LogP contribution in [0.4, 0.5) is 4.39 Å². The molecule has 0 unspecified atom stereocenters. The number of thioether (sulfide) groups is 1. The van der Waals surface area contributed by atoms with Gasteiger partial charge >= 0.3 is 5.97 Å². The van der Waals surface area contributed by atoms with Gasteiger partial charge in [-0.3, -0.25) is 0 Å². The van der Waals surface area contributed by atoms with Gasteiger partial charge in [-0.05, 0) is 50.8 Å². The van der Waals surface area contributed by atoms with Crippen molar-refractivity contribution in [3.8, 4) is 0 Å². The van der Waals surface area contributed by atoms with Crippen molar-refractivity contribution in [3.63, 3.8) is 0 Å². The number of nitrogens with zero attached hydrogens (tertiary/aromatic N) is 1. The van der Waals surface area contributed by atoms with Crippen molar-refractivity contribution in [1.29, 1.82) is 0 Å². The van der Waals surface area contributed by atoms with Crippen LogP contribution in [0.15, 0.2) is 24.3 Å². The molecule has 0 amide bonds. The molecule has 2 aromatic rings. The van der Waals surface area contributed by atoms with Crippen LogP contribution in [0.5, 0.6) is 0 Å². The highest BCUT2D eigenvalue weighted by Crippen LogP contribution is 2.24. The fourth-order valence-corrected chi connectivity index (χ4v) is 4.08. The smallest absolute Gasteiger partial charge is 0.337 e. The van der Waals surface area contributed by atoms with Crippen LogP contribution in [0.25, 0.3) is 0 Å². The van der Waals surface area contributed by atoms with Gasteiger partial charge in [0.1, 0.15) is 5.82 Å². The van der Waals surface area contributed by atoms with Crippen molar-refractivity contribution in [1.82, 2.24) is 9.88 Å². The van der Waals surface area contributed by atoms with Crippen LogP contribution in [0.3, 0.4) is 0 Å². The largest absolute Gasteiger partial charge is 0.478 e. The number of rotatable bonds is 11. The minimum atomic E-state index is -0.932. The Bertz CT molecular complexity index is 774. The molecule has 4 nitrogen and oxygen atoms in total. The highest BCUT2D eigenvalue weighted by Gasteiger charge is 2.22. The lowest BCUT2D eigenvalue weighted by molar-refractivity contribution is 0.0694. The van der Waals surface area contributed by atoms with Crippen LogP contribution >= 0.6 is 11.8 Å². The molecule has 0 radical (unpaired) electrons. The minimum Gasteiger partial charge on any atom is -0.478 e. The van der Waals surface area contributed by atoms with E-state index < -0.39 is 5.97 Å². The maximum Gasteiger partial charge on any atom is 0.337 e. The molecule has 0 spiro atoms. The second kappa shape index (κ2) is 10.5. The van der Waals surface area contributed by atoms with Crippen LogP contribution in [0.2, 0.25) is 0 Å². The number of hydrogen-bond donors (Lipinski definition) is 2. The standard InChI is InChI=1S/C21H29FN2O2S/c1-4-11-27-12-7-10-23-13-18-15(2)24(16(3)20(18)21(25)26)14-17-8-5-6-9-19(17)22/h5-6,8-9,23H,4,7,10-14H2,1-3H3,(H,25,26). The van der Waals surface area contributed by atoms with E-state index in [1.165, 1.54) is 18.2 Å². The third kappa shape index (κ3) is 5.59. The molecule has 1 heterocycles. The Morgan fingerprint density at radius 2 is 1.96 bits per heavy atom. The molecule has 1 aromatic heterocycles. The maximum atomic E-state index is 14.0. The summed E-state index contributed by atoms with van der Waals surface area (Å²) >= 11 is 1.95. The molecule has 6 heteroatoms. The average Bonchev–Trinajstić information content (AvgIpc) is 2.87. The van der Waals surface area contributed by atoms with Crippen LogP contribution in [0.1, 0.15) is 52.6 Å². The van der Waals surface area contributed by atoms with Crippen molar-refractivity contribution < 1.29 is 14.3 Å². The van der Waals surface area contributed by atoms with Gasteiger partial charge in [0.05, 0.1) is 12.1 Å². The summed E-state index contributed by atoms with van der Waals surface area (Å²) in [5.41, 5.74) is 3.22. The summed E-state index contributed by atoms with van der Waals surface area (Å²) in [6.07, 6.45) is 2.25. The minimum absolute atomic E-state index is 0.272. The number of carbonyl (C=O) groups is 1. The fourth-order valence-electron chi connectivity index (χ4n) is 3.24. The summed E-state index contributed by atoms with van der Waals surface area (Å²) in [5.74, 6) is 1.09. The van der Waals surface area contributed by atoms with Crippen LogP contribution in [-0.2, 0) is 13.1 Å². The van der Waals surface area contributed by atoms with Crippen molar-refractivity contribution in [2.75, 3.05) is 18.1 Å². The zero-order valence-electron chi connectivity index (χ0n) is 16.3. The second-order valence-corrected chi connectivity index (χ2v) is 7.87. The average molecular weight is 393 g/mol. The summed E-state index contributed by atoms with van der Waals surface area (Å²) < 4.78 is 15.9. The van der Waals surface area contributed by atoms with Gasteiger partial charge in [-0.2, -0.15) is 11.8 Å². The number of halogens is 1. The van der Waals surface area contributed by atoms with Crippen molar-refractivity contribution >= 4 is 17.7 Å². The first-order valence-corrected chi connectivity index (χ1v) is 10.6. The molecule has 0 bridgehead atoms. The molecule has 0 aliphatic carbocycles. The number of aromatic carboxylic acids is 1. The molecule has 0 saturated heterocycles. The maximum absolute atomic E-state index is 14.0. The molecule has 0 fully saturated rings. The van der Waals surface area contributed by atoms with E-state index in [2.05, 4.69) is 12.2 Å². The summed E-state index contributed by atoms with van der Waals surface area (Å²) in [5, 5.41) is 13.1. The van der Waals surface area contributed by atoms with E-state index in [1.54, 1.807) is 25.1 Å². The van der Waals surface area contributed by atoms with Crippen molar-refractivity contribution in [3.05, 3.63) is 58.2 Å². The summed E-state index contributed by atoms with van der Waals surface area (Å²) in [6.45, 7) is 7.58. The molecule has 2 rings (SSSR count). The number of aromatic nitrogens is 1. The molecule has 0 aliphatic heterocycles. The van der Waals surface area contributed by atoms with Gasteiger partial charge in [0, 0.05) is 29.1 Å². The third-order valence-electron chi connectivity index (χ3n) is 4.70. The van der Waals surface area contributed by atoms with E-state index in [0.717, 1.165) is 30.0 Å². The fraction of sp³-hybridized carbons (Fsp3) is 0.476. The van der Waals surface area contributed by atoms with Gasteiger partial charge in [-0.25, -0.2) is 9.18 Å². The van der Waals surface area contributed by atoms with Gasteiger partial charge in [-0.1, -0.05) is 25.1 Å². The first-order chi connectivity index (χ1) is 13.0. The Balaban J connectivity index is 2.12. The Kier molecular flexibility index (Phi) is 8.38. The Hall–Kier alpha value is -1.79. The molecule has 0 atom stereocenters. The zero-order valence-corrected chi connectivity index (χ0v) is 17.2. The number of nitrogens with one attached hydrogen (secondary N) is 1. The first-order valence-electron chi connectivity index (χ1n) is 9.41. The van der Waals surface area contributed by atoms with E-state index in [0.29, 0.717) is 29.9 Å². The molecule has 27 heavy (non-hydrogen) atoms. The van der Waals surface area contributed by atoms with Crippen LogP contribution in [-0.4, -0.2) is 33.7 Å². The predicted octanol–water partition coefficient (Wildman–Crippen LogP) is 4.61. The second-order valence-electron chi connectivity index (χ2n) is 6.65. The van der Waals surface area contributed by atoms with E-state index in [1.807, 2.05) is 23.3 Å². The quantitative estimate of drug-likeness (QED) is 0.548. The number of hydrogen-bond acceptors (Lipinski definition) is 3. The van der Waals surface area contributed by atoms with Crippen molar-refractivity contribution in [2.24, 2.45) is 0 Å². The number of carboxylic acid groups (broad SMARTS) is 1. The Morgan fingerprint density at radius 1 is 1.22 bits per heavy atom. The summed E-state index contributed by atoms with van der Waals surface area (Å²) in [7, 11) is 0. The third-order valence-corrected chi connectivity index (χ3v) is 5.98. The van der Waals surface area contributed by atoms with E-state index in [9.17, 15) is 14.3 Å².